The summed E-state index contributed by atoms with van der Waals surface area (Å²) >= 11 is 0. The zero-order chi connectivity index (χ0) is 16.8. The molecule has 0 heterocycles. The highest BCUT2D eigenvalue weighted by molar-refractivity contribution is 5.53. The van der Waals surface area contributed by atoms with Crippen molar-refractivity contribution in [1.82, 2.24) is 0 Å². The molecular weight excluding hydrogens is 263 g/mol. The normalized spacial score (nSPS) is 13.5. The second kappa shape index (κ2) is 5.30. The van der Waals surface area contributed by atoms with Crippen molar-refractivity contribution in [2.24, 2.45) is 0 Å². The van der Waals surface area contributed by atoms with Crippen molar-refractivity contribution in [2.75, 3.05) is 7.11 Å². The average molecular weight is 294 g/mol. The first-order chi connectivity index (χ1) is 9.21. The molecule has 0 amide bonds. The maximum atomic E-state index is 15.2. The molecule has 0 saturated heterocycles. The van der Waals surface area contributed by atoms with E-state index >= 15 is 4.39 Å². The summed E-state index contributed by atoms with van der Waals surface area (Å²) < 4.78 is 20.8. The number of hydrogen-bond donors (Lipinski definition) is 0. The van der Waals surface area contributed by atoms with Crippen LogP contribution in [-0.2, 0) is 16.2 Å². The first kappa shape index (κ1) is 18.0. The number of ether oxygens (including phenoxy) is 1. The number of rotatable bonds is 1. The van der Waals surface area contributed by atoms with Gasteiger partial charge in [0.25, 0.3) is 0 Å². The first-order valence-corrected chi connectivity index (χ1v) is 7.63. The zero-order valence-corrected chi connectivity index (χ0v) is 15.4. The van der Waals surface area contributed by atoms with E-state index in [9.17, 15) is 0 Å². The first-order valence-electron chi connectivity index (χ1n) is 7.63. The second-order valence-corrected chi connectivity index (χ2v) is 8.94. The molecular formula is C19H31FO. The molecule has 2 heteroatoms. The van der Waals surface area contributed by atoms with Crippen LogP contribution in [0.4, 0.5) is 4.39 Å². The Morgan fingerprint density at radius 2 is 1.19 bits per heavy atom. The van der Waals surface area contributed by atoms with Crippen molar-refractivity contribution in [3.63, 3.8) is 0 Å². The standard InChI is InChI=1S/C19H31FO/c1-17(2,3)12-11-13(18(4,5)6)16(21-10)14(15(12)20)19(7,8)9/h11H,1-10H3. The Bertz CT molecular complexity index is 522. The van der Waals surface area contributed by atoms with E-state index in [1.165, 1.54) is 0 Å². The summed E-state index contributed by atoms with van der Waals surface area (Å²) in [6, 6.07) is 1.99. The van der Waals surface area contributed by atoms with E-state index in [1.54, 1.807) is 7.11 Å². The Labute approximate surface area is 129 Å². The molecule has 0 aliphatic heterocycles. The summed E-state index contributed by atoms with van der Waals surface area (Å²) in [5.74, 6) is 0.570. The molecule has 21 heavy (non-hydrogen) atoms. The van der Waals surface area contributed by atoms with Gasteiger partial charge in [0, 0.05) is 11.1 Å². The Morgan fingerprint density at radius 1 is 0.762 bits per heavy atom. The highest BCUT2D eigenvalue weighted by Gasteiger charge is 2.34. The van der Waals surface area contributed by atoms with Gasteiger partial charge in [0.1, 0.15) is 11.6 Å². The average Bonchev–Trinajstić information content (AvgIpc) is 2.22. The van der Waals surface area contributed by atoms with Crippen LogP contribution in [0.1, 0.15) is 79.0 Å². The van der Waals surface area contributed by atoms with Gasteiger partial charge in [-0.25, -0.2) is 4.39 Å². The molecule has 1 nitrogen and oxygen atoms in total. The minimum absolute atomic E-state index is 0.0982. The van der Waals surface area contributed by atoms with Gasteiger partial charge in [0.2, 0.25) is 0 Å². The molecule has 0 spiro atoms. The summed E-state index contributed by atoms with van der Waals surface area (Å²) in [7, 11) is 1.63. The fourth-order valence-corrected chi connectivity index (χ4v) is 2.63. The van der Waals surface area contributed by atoms with Crippen LogP contribution in [0.2, 0.25) is 0 Å². The number of methoxy groups -OCH3 is 1. The maximum absolute atomic E-state index is 15.2. The fourth-order valence-electron chi connectivity index (χ4n) is 2.63. The lowest BCUT2D eigenvalue weighted by molar-refractivity contribution is 0.368. The van der Waals surface area contributed by atoms with Crippen molar-refractivity contribution in [1.29, 1.82) is 0 Å². The minimum Gasteiger partial charge on any atom is -0.496 e. The highest BCUT2D eigenvalue weighted by Crippen LogP contribution is 2.44. The predicted molar refractivity (Wildman–Crippen MR) is 89.1 cm³/mol. The van der Waals surface area contributed by atoms with Crippen LogP contribution in [-0.4, -0.2) is 7.11 Å². The Kier molecular flexibility index (Phi) is 4.54. The van der Waals surface area contributed by atoms with Gasteiger partial charge in [-0.1, -0.05) is 62.3 Å². The summed E-state index contributed by atoms with van der Waals surface area (Å²) in [6.45, 7) is 18.7. The lowest BCUT2D eigenvalue weighted by atomic mass is 9.74. The van der Waals surface area contributed by atoms with E-state index in [0.29, 0.717) is 11.3 Å². The van der Waals surface area contributed by atoms with E-state index in [2.05, 4.69) is 41.5 Å². The van der Waals surface area contributed by atoms with Crippen LogP contribution in [0.15, 0.2) is 6.07 Å². The van der Waals surface area contributed by atoms with E-state index in [0.717, 1.165) is 11.1 Å². The number of halogens is 1. The molecule has 0 saturated carbocycles. The van der Waals surface area contributed by atoms with Crippen LogP contribution in [0.25, 0.3) is 0 Å². The van der Waals surface area contributed by atoms with E-state index in [4.69, 9.17) is 4.74 Å². The van der Waals surface area contributed by atoms with Crippen molar-refractivity contribution >= 4 is 0 Å². The van der Waals surface area contributed by atoms with Crippen molar-refractivity contribution in [2.45, 2.75) is 78.6 Å². The topological polar surface area (TPSA) is 9.23 Å². The van der Waals surface area contributed by atoms with Crippen LogP contribution in [0.5, 0.6) is 5.75 Å². The van der Waals surface area contributed by atoms with Gasteiger partial charge in [-0.15, -0.1) is 0 Å². The molecule has 0 radical (unpaired) electrons. The van der Waals surface area contributed by atoms with Crippen LogP contribution < -0.4 is 4.74 Å². The van der Waals surface area contributed by atoms with Gasteiger partial charge in [-0.3, -0.25) is 0 Å². The minimum atomic E-state index is -0.309. The molecule has 0 aliphatic rings. The summed E-state index contributed by atoms with van der Waals surface area (Å²) in [6.07, 6.45) is 0. The SMILES string of the molecule is COc1c(C(C)(C)C)cc(C(C)(C)C)c(F)c1C(C)(C)C. The number of hydrogen-bond acceptors (Lipinski definition) is 1. The van der Waals surface area contributed by atoms with Gasteiger partial charge in [-0.2, -0.15) is 0 Å². The Balaban J connectivity index is 3.93. The molecule has 120 valence electrons. The van der Waals surface area contributed by atoms with Gasteiger partial charge in [-0.05, 0) is 27.9 Å². The van der Waals surface area contributed by atoms with Gasteiger partial charge in [0.05, 0.1) is 7.11 Å². The van der Waals surface area contributed by atoms with Crippen LogP contribution in [0, 0.1) is 5.82 Å². The molecule has 1 rings (SSSR count). The van der Waals surface area contributed by atoms with Crippen molar-refractivity contribution in [3.8, 4) is 5.75 Å². The molecule has 0 unspecified atom stereocenters. The lowest BCUT2D eigenvalue weighted by Crippen LogP contribution is -2.25. The third-order valence-electron chi connectivity index (χ3n) is 3.79. The molecule has 0 fully saturated rings. The molecule has 0 bridgehead atoms. The molecule has 0 aliphatic carbocycles. The monoisotopic (exact) mass is 294 g/mol. The largest absolute Gasteiger partial charge is 0.496 e. The van der Waals surface area contributed by atoms with Crippen molar-refractivity contribution in [3.05, 3.63) is 28.6 Å². The van der Waals surface area contributed by atoms with Gasteiger partial charge < -0.3 is 4.74 Å². The summed E-state index contributed by atoms with van der Waals surface area (Å²) in [5, 5.41) is 0. The Hall–Kier alpha value is -1.05. The van der Waals surface area contributed by atoms with Gasteiger partial charge >= 0.3 is 0 Å². The summed E-state index contributed by atoms with van der Waals surface area (Å²) in [5.41, 5.74) is 1.87. The number of benzene rings is 1. The predicted octanol–water partition coefficient (Wildman–Crippen LogP) is 5.73. The lowest BCUT2D eigenvalue weighted by Gasteiger charge is -2.33. The zero-order valence-electron chi connectivity index (χ0n) is 15.4. The van der Waals surface area contributed by atoms with E-state index in [1.807, 2.05) is 26.8 Å². The molecule has 0 N–H and O–H groups in total. The van der Waals surface area contributed by atoms with Crippen molar-refractivity contribution < 1.29 is 9.13 Å². The molecule has 1 aromatic rings. The highest BCUT2D eigenvalue weighted by atomic mass is 19.1. The van der Waals surface area contributed by atoms with Crippen LogP contribution >= 0.6 is 0 Å². The molecule has 0 atom stereocenters. The smallest absolute Gasteiger partial charge is 0.134 e. The van der Waals surface area contributed by atoms with Crippen LogP contribution in [0.3, 0.4) is 0 Å². The second-order valence-electron chi connectivity index (χ2n) is 8.94. The molecule has 0 aromatic heterocycles. The quantitative estimate of drug-likeness (QED) is 0.643. The van der Waals surface area contributed by atoms with E-state index < -0.39 is 0 Å². The summed E-state index contributed by atoms with van der Waals surface area (Å²) in [4.78, 5) is 0. The maximum Gasteiger partial charge on any atom is 0.134 e. The third kappa shape index (κ3) is 3.59. The Morgan fingerprint density at radius 3 is 1.48 bits per heavy atom. The molecule has 1 aromatic carbocycles. The van der Waals surface area contributed by atoms with Gasteiger partial charge in [0.15, 0.2) is 0 Å². The van der Waals surface area contributed by atoms with E-state index in [-0.39, 0.29) is 22.1 Å². The fraction of sp³-hybridized carbons (Fsp3) is 0.684. The third-order valence-corrected chi connectivity index (χ3v) is 3.79.